The van der Waals surface area contributed by atoms with Gasteiger partial charge in [-0.15, -0.1) is 5.10 Å². The lowest BCUT2D eigenvalue weighted by Crippen LogP contribution is -2.36. The second kappa shape index (κ2) is 8.13. The molecule has 0 unspecified atom stereocenters. The predicted octanol–water partition coefficient (Wildman–Crippen LogP) is 0.919. The first-order valence-electron chi connectivity index (χ1n) is 7.85. The van der Waals surface area contributed by atoms with Crippen molar-refractivity contribution in [2.45, 2.75) is 11.7 Å². The fourth-order valence-corrected chi connectivity index (χ4v) is 3.40. The number of nitrogens with zero attached hydrogens (tertiary/aromatic N) is 3. The summed E-state index contributed by atoms with van der Waals surface area (Å²) in [6.07, 6.45) is 1.36. The van der Waals surface area contributed by atoms with Crippen LogP contribution in [0.5, 0.6) is 0 Å². The lowest BCUT2D eigenvalue weighted by molar-refractivity contribution is -0.138. The van der Waals surface area contributed by atoms with Crippen LogP contribution in [0.1, 0.15) is 12.0 Å². The van der Waals surface area contributed by atoms with Crippen LogP contribution in [0, 0.1) is 0 Å². The summed E-state index contributed by atoms with van der Waals surface area (Å²) in [6.45, 7) is 3.25. The van der Waals surface area contributed by atoms with Crippen molar-refractivity contribution >= 4 is 40.7 Å². The minimum Gasteiger partial charge on any atom is -0.481 e. The predicted molar refractivity (Wildman–Crippen MR) is 96.3 cm³/mol. The van der Waals surface area contributed by atoms with Gasteiger partial charge in [0.1, 0.15) is 5.25 Å². The molecule has 8 nitrogen and oxygen atoms in total. The number of hydrogen-bond acceptors (Lipinski definition) is 7. The van der Waals surface area contributed by atoms with Crippen LogP contribution in [0.3, 0.4) is 0 Å². The van der Waals surface area contributed by atoms with Gasteiger partial charge in [-0.1, -0.05) is 23.9 Å². The number of benzene rings is 1. The van der Waals surface area contributed by atoms with Gasteiger partial charge in [-0.2, -0.15) is 5.10 Å². The second-order valence-electron chi connectivity index (χ2n) is 5.53. The molecule has 1 atom stereocenters. The van der Waals surface area contributed by atoms with Crippen molar-refractivity contribution in [3.05, 3.63) is 29.8 Å². The van der Waals surface area contributed by atoms with Crippen LogP contribution < -0.4 is 10.2 Å². The van der Waals surface area contributed by atoms with E-state index in [0.717, 1.165) is 49.3 Å². The highest BCUT2D eigenvalue weighted by Gasteiger charge is 2.32. The van der Waals surface area contributed by atoms with Crippen LogP contribution in [0.2, 0.25) is 0 Å². The van der Waals surface area contributed by atoms with Gasteiger partial charge in [0.15, 0.2) is 5.17 Å². The summed E-state index contributed by atoms with van der Waals surface area (Å²) >= 11 is 1.08. The van der Waals surface area contributed by atoms with Crippen molar-refractivity contribution in [3.63, 3.8) is 0 Å². The van der Waals surface area contributed by atoms with E-state index in [0.29, 0.717) is 5.17 Å². The fraction of sp³-hybridized carbons (Fsp3) is 0.375. The summed E-state index contributed by atoms with van der Waals surface area (Å²) in [7, 11) is 0. The zero-order valence-corrected chi connectivity index (χ0v) is 14.2. The Bertz CT molecular complexity index is 699. The molecule has 25 heavy (non-hydrogen) atoms. The summed E-state index contributed by atoms with van der Waals surface area (Å²) < 4.78 is 5.34. The Morgan fingerprint density at radius 2 is 2.08 bits per heavy atom. The van der Waals surface area contributed by atoms with E-state index in [-0.39, 0.29) is 12.3 Å². The Morgan fingerprint density at radius 3 is 2.76 bits per heavy atom. The summed E-state index contributed by atoms with van der Waals surface area (Å²) in [5.41, 5.74) is 2.03. The summed E-state index contributed by atoms with van der Waals surface area (Å²) in [6, 6.07) is 7.94. The van der Waals surface area contributed by atoms with E-state index in [2.05, 4.69) is 20.4 Å². The average molecular weight is 362 g/mol. The first-order chi connectivity index (χ1) is 12.1. The molecule has 1 aromatic carbocycles. The van der Waals surface area contributed by atoms with E-state index < -0.39 is 11.2 Å². The molecule has 2 saturated heterocycles. The highest BCUT2D eigenvalue weighted by molar-refractivity contribution is 8.15. The Labute approximate surface area is 148 Å². The van der Waals surface area contributed by atoms with E-state index in [1.807, 2.05) is 24.3 Å². The van der Waals surface area contributed by atoms with Gasteiger partial charge in [-0.05, 0) is 17.7 Å². The van der Waals surface area contributed by atoms with E-state index in [4.69, 9.17) is 9.84 Å². The number of carbonyl (C=O) groups excluding carboxylic acids is 1. The Kier molecular flexibility index (Phi) is 5.67. The molecule has 2 N–H and O–H groups in total. The largest absolute Gasteiger partial charge is 0.481 e. The SMILES string of the molecule is O=C(O)C[C@@H]1S/C(=N\N=C/c2ccc(N3CCOCC3)cc2)NC1=O. The van der Waals surface area contributed by atoms with Gasteiger partial charge in [-0.25, -0.2) is 0 Å². The Hall–Kier alpha value is -2.39. The van der Waals surface area contributed by atoms with E-state index >= 15 is 0 Å². The van der Waals surface area contributed by atoms with Gasteiger partial charge in [-0.3, -0.25) is 9.59 Å². The van der Waals surface area contributed by atoms with E-state index in [1.54, 1.807) is 6.21 Å². The monoisotopic (exact) mass is 362 g/mol. The number of morpholine rings is 1. The number of thioether (sulfide) groups is 1. The van der Waals surface area contributed by atoms with Gasteiger partial charge in [0.05, 0.1) is 25.8 Å². The van der Waals surface area contributed by atoms with Gasteiger partial charge in [0.2, 0.25) is 5.91 Å². The molecule has 2 fully saturated rings. The van der Waals surface area contributed by atoms with Crippen molar-refractivity contribution in [3.8, 4) is 0 Å². The summed E-state index contributed by atoms with van der Waals surface area (Å²) in [4.78, 5) is 24.5. The number of nitrogens with one attached hydrogen (secondary N) is 1. The number of anilines is 1. The zero-order chi connectivity index (χ0) is 17.6. The maximum Gasteiger partial charge on any atom is 0.305 e. The molecule has 9 heteroatoms. The molecular formula is C16H18N4O4S. The third-order valence-corrected chi connectivity index (χ3v) is 4.83. The lowest BCUT2D eigenvalue weighted by Gasteiger charge is -2.28. The minimum absolute atomic E-state index is 0.234. The molecule has 0 radical (unpaired) electrons. The number of rotatable bonds is 5. The van der Waals surface area contributed by atoms with Gasteiger partial charge in [0, 0.05) is 18.8 Å². The topological polar surface area (TPSA) is 104 Å². The molecule has 2 aliphatic heterocycles. The molecule has 0 spiro atoms. The molecule has 1 aromatic rings. The zero-order valence-electron chi connectivity index (χ0n) is 13.4. The van der Waals surface area contributed by atoms with Crippen molar-refractivity contribution in [2.75, 3.05) is 31.2 Å². The maximum absolute atomic E-state index is 11.6. The standard InChI is InChI=1S/C16H18N4O4S/c21-14(22)9-13-15(23)18-16(25-13)19-17-10-11-1-3-12(4-2-11)20-5-7-24-8-6-20/h1-4,10,13H,5-9H2,(H,21,22)(H,18,19,23)/b17-10-/t13-/m0/s1. The van der Waals surface area contributed by atoms with Crippen molar-refractivity contribution in [1.82, 2.24) is 5.32 Å². The van der Waals surface area contributed by atoms with Gasteiger partial charge in [0.25, 0.3) is 0 Å². The third-order valence-electron chi connectivity index (χ3n) is 3.76. The number of amides is 1. The number of carboxylic acids is 1. The smallest absolute Gasteiger partial charge is 0.305 e. The quantitative estimate of drug-likeness (QED) is 0.596. The van der Waals surface area contributed by atoms with Crippen LogP contribution in [0.4, 0.5) is 5.69 Å². The number of ether oxygens (including phenoxy) is 1. The van der Waals surface area contributed by atoms with Gasteiger partial charge >= 0.3 is 5.97 Å². The summed E-state index contributed by atoms with van der Waals surface area (Å²) in [5.74, 6) is -1.37. The molecule has 0 saturated carbocycles. The fourth-order valence-electron chi connectivity index (χ4n) is 2.49. The molecule has 3 rings (SSSR count). The third kappa shape index (κ3) is 4.80. The van der Waals surface area contributed by atoms with Crippen molar-refractivity contribution in [2.24, 2.45) is 10.2 Å². The number of aliphatic carboxylic acids is 1. The molecule has 0 aliphatic carbocycles. The van der Waals surface area contributed by atoms with Crippen LogP contribution >= 0.6 is 11.8 Å². The number of amidine groups is 1. The minimum atomic E-state index is -1.02. The van der Waals surface area contributed by atoms with Crippen molar-refractivity contribution in [1.29, 1.82) is 0 Å². The van der Waals surface area contributed by atoms with E-state index in [9.17, 15) is 9.59 Å². The molecule has 132 valence electrons. The molecule has 1 amide bonds. The van der Waals surface area contributed by atoms with Crippen molar-refractivity contribution < 1.29 is 19.4 Å². The highest BCUT2D eigenvalue weighted by atomic mass is 32.2. The van der Waals surface area contributed by atoms with Crippen LogP contribution in [0.25, 0.3) is 0 Å². The lowest BCUT2D eigenvalue weighted by atomic mass is 10.2. The second-order valence-corrected chi connectivity index (χ2v) is 6.73. The van der Waals surface area contributed by atoms with E-state index in [1.165, 1.54) is 0 Å². The first-order valence-corrected chi connectivity index (χ1v) is 8.73. The molecule has 0 bridgehead atoms. The molecule has 2 aliphatic rings. The number of carbonyl (C=O) groups is 2. The van der Waals surface area contributed by atoms with Crippen LogP contribution in [-0.2, 0) is 14.3 Å². The Balaban J connectivity index is 1.57. The normalized spacial score (nSPS) is 22.6. The van der Waals surface area contributed by atoms with Gasteiger partial charge < -0.3 is 20.1 Å². The number of hydrogen-bond donors (Lipinski definition) is 2. The van der Waals surface area contributed by atoms with Crippen LogP contribution in [0.15, 0.2) is 34.5 Å². The van der Waals surface area contributed by atoms with Crippen LogP contribution in [-0.4, -0.2) is 59.9 Å². The highest BCUT2D eigenvalue weighted by Crippen LogP contribution is 2.22. The average Bonchev–Trinajstić information content (AvgIpc) is 2.95. The number of carboxylic acid groups (broad SMARTS) is 1. The summed E-state index contributed by atoms with van der Waals surface area (Å²) in [5, 5.41) is 18.8. The molecule has 2 heterocycles. The molecular weight excluding hydrogens is 344 g/mol. The molecule has 0 aromatic heterocycles. The Morgan fingerprint density at radius 1 is 1.36 bits per heavy atom. The first kappa shape index (κ1) is 17.4. The maximum atomic E-state index is 11.6.